The van der Waals surface area contributed by atoms with E-state index in [-0.39, 0.29) is 29.1 Å². The van der Waals surface area contributed by atoms with E-state index < -0.39 is 0 Å². The van der Waals surface area contributed by atoms with Crippen molar-refractivity contribution in [3.8, 4) is 22.8 Å². The number of nitrogens with two attached hydrogens (primary N) is 1. The third-order valence-electron chi connectivity index (χ3n) is 6.93. The van der Waals surface area contributed by atoms with Crippen LogP contribution in [0.1, 0.15) is 52.5 Å². The molecule has 0 unspecified atom stereocenters. The summed E-state index contributed by atoms with van der Waals surface area (Å²) < 4.78 is 7.90. The number of hydrogen-bond donors (Lipinski definition) is 2. The van der Waals surface area contributed by atoms with E-state index in [9.17, 15) is 4.79 Å². The minimum Gasteiger partial charge on any atom is -0.457 e. The maximum Gasteiger partial charge on any atom is 0.250 e. The molecule has 9 heteroatoms. The molecule has 0 bridgehead atoms. The first-order valence-corrected chi connectivity index (χ1v) is 13.4. The normalized spacial score (nSPS) is 17.8. The second-order valence-electron chi connectivity index (χ2n) is 11.2. The number of fused-ring (bicyclic) bond motifs is 1. The summed E-state index contributed by atoms with van der Waals surface area (Å²) >= 11 is 0. The average molecular weight is 536 g/mol. The fraction of sp³-hybridized carbons (Fsp3) is 0.323. The van der Waals surface area contributed by atoms with Gasteiger partial charge in [0.05, 0.1) is 18.0 Å². The first kappa shape index (κ1) is 26.9. The predicted molar refractivity (Wildman–Crippen MR) is 155 cm³/mol. The molecular weight excluding hydrogens is 502 g/mol. The molecule has 9 nitrogen and oxygen atoms in total. The summed E-state index contributed by atoms with van der Waals surface area (Å²) in [4.78, 5) is 25.0. The maximum atomic E-state index is 12.7. The molecule has 4 aromatic rings. The highest BCUT2D eigenvalue weighted by Crippen LogP contribution is 2.36. The second kappa shape index (κ2) is 11.2. The molecule has 0 saturated heterocycles. The zero-order valence-electron chi connectivity index (χ0n) is 23.0. The largest absolute Gasteiger partial charge is 0.457 e. The quantitative estimate of drug-likeness (QED) is 0.221. The number of anilines is 1. The molecule has 204 valence electrons. The van der Waals surface area contributed by atoms with Crippen molar-refractivity contribution >= 4 is 22.8 Å². The van der Waals surface area contributed by atoms with Gasteiger partial charge in [0.1, 0.15) is 29.3 Å². The molecule has 0 spiro atoms. The van der Waals surface area contributed by atoms with E-state index in [1.807, 2.05) is 80.1 Å². The lowest BCUT2D eigenvalue weighted by Crippen LogP contribution is -2.38. The van der Waals surface area contributed by atoms with Crippen LogP contribution in [0.2, 0.25) is 0 Å². The van der Waals surface area contributed by atoms with Crippen LogP contribution in [0.5, 0.6) is 11.5 Å². The number of rotatable bonds is 6. The van der Waals surface area contributed by atoms with Crippen LogP contribution in [0.3, 0.4) is 0 Å². The van der Waals surface area contributed by atoms with E-state index in [0.29, 0.717) is 11.5 Å². The van der Waals surface area contributed by atoms with Gasteiger partial charge in [-0.3, -0.25) is 4.79 Å². The Hall–Kier alpha value is -4.71. The van der Waals surface area contributed by atoms with Crippen molar-refractivity contribution in [3.05, 3.63) is 84.1 Å². The van der Waals surface area contributed by atoms with Crippen molar-refractivity contribution in [2.45, 2.75) is 58.5 Å². The molecule has 1 saturated carbocycles. The van der Waals surface area contributed by atoms with Crippen LogP contribution >= 0.6 is 0 Å². The van der Waals surface area contributed by atoms with Gasteiger partial charge in [-0.05, 0) is 67.5 Å². The van der Waals surface area contributed by atoms with Crippen molar-refractivity contribution in [2.24, 2.45) is 5.41 Å². The number of carbonyl (C=O) groups excluding carboxylic acids is 1. The van der Waals surface area contributed by atoms with Gasteiger partial charge < -0.3 is 15.8 Å². The van der Waals surface area contributed by atoms with Crippen molar-refractivity contribution in [1.82, 2.24) is 25.1 Å². The molecule has 1 aliphatic carbocycles. The van der Waals surface area contributed by atoms with Gasteiger partial charge in [-0.25, -0.2) is 19.5 Å². The minimum absolute atomic E-state index is 0.00650. The number of nitrogens with zero attached hydrogens (tertiary/aromatic N) is 5. The summed E-state index contributed by atoms with van der Waals surface area (Å²) in [6.45, 7) is 13.3. The van der Waals surface area contributed by atoms with Crippen molar-refractivity contribution < 1.29 is 9.53 Å². The number of hydrogen-bond acceptors (Lipinski definition) is 6. The number of benzene rings is 2. The number of ether oxygens (including phenoxy) is 1. The lowest BCUT2D eigenvalue weighted by atomic mass is 9.91. The van der Waals surface area contributed by atoms with Crippen LogP contribution in [-0.2, 0) is 4.79 Å². The molecule has 0 atom stereocenters. The molecule has 3 N–H and O–H groups in total. The zero-order valence-corrected chi connectivity index (χ0v) is 23.0. The SMILES string of the molecule is [C-]#[N+]/C(=C\C(C)(C)C)C(=O)NC1CCC(n2nc(-c3ccc(Oc4ccccc4)cc3)c3c(N)ncnc32)CC1. The van der Waals surface area contributed by atoms with E-state index >= 15 is 0 Å². The molecule has 0 radical (unpaired) electrons. The number of allylic oxidation sites excluding steroid dienone is 1. The minimum atomic E-state index is -0.305. The predicted octanol–water partition coefficient (Wildman–Crippen LogP) is 6.32. The number of para-hydroxylation sites is 1. The van der Waals surface area contributed by atoms with Crippen LogP contribution in [0.4, 0.5) is 5.82 Å². The summed E-state index contributed by atoms with van der Waals surface area (Å²) in [6.07, 6.45) is 6.37. The van der Waals surface area contributed by atoms with E-state index in [1.54, 1.807) is 6.08 Å². The van der Waals surface area contributed by atoms with Gasteiger partial charge in [0.2, 0.25) is 11.6 Å². The van der Waals surface area contributed by atoms with Crippen LogP contribution in [0, 0.1) is 12.0 Å². The number of nitrogen functional groups attached to an aromatic ring is 1. The van der Waals surface area contributed by atoms with Gasteiger partial charge in [0.25, 0.3) is 0 Å². The molecule has 2 aromatic heterocycles. The van der Waals surface area contributed by atoms with Gasteiger partial charge in [-0.1, -0.05) is 45.0 Å². The summed E-state index contributed by atoms with van der Waals surface area (Å²) in [5.41, 5.74) is 8.54. The standard InChI is InChI=1S/C31H33N7O2/c1-31(2,3)18-25(33-4)30(39)36-21-12-14-22(15-13-21)38-29-26(28(32)34-19-35-29)27(37-38)20-10-16-24(17-11-20)40-23-8-6-5-7-9-23/h5-11,16-19,21-22H,12-15H2,1-3H3,(H,36,39)(H2,32,34,35)/b25-18-. The van der Waals surface area contributed by atoms with E-state index in [1.165, 1.54) is 6.33 Å². The molecule has 1 amide bonds. The highest BCUT2D eigenvalue weighted by molar-refractivity contribution is 5.98. The second-order valence-corrected chi connectivity index (χ2v) is 11.2. The summed E-state index contributed by atoms with van der Waals surface area (Å²) in [6, 6.07) is 17.5. The Kier molecular flexibility index (Phi) is 7.52. The van der Waals surface area contributed by atoms with Crippen molar-refractivity contribution in [1.29, 1.82) is 0 Å². The van der Waals surface area contributed by atoms with Gasteiger partial charge >= 0.3 is 0 Å². The van der Waals surface area contributed by atoms with Crippen molar-refractivity contribution in [3.63, 3.8) is 0 Å². The first-order chi connectivity index (χ1) is 19.2. The lowest BCUT2D eigenvalue weighted by molar-refractivity contribution is -0.118. The first-order valence-electron chi connectivity index (χ1n) is 13.4. The molecule has 40 heavy (non-hydrogen) atoms. The van der Waals surface area contributed by atoms with E-state index in [0.717, 1.165) is 53.8 Å². The molecule has 2 aromatic carbocycles. The zero-order chi connectivity index (χ0) is 28.3. The van der Waals surface area contributed by atoms with Gasteiger partial charge in [0, 0.05) is 11.6 Å². The van der Waals surface area contributed by atoms with Crippen molar-refractivity contribution in [2.75, 3.05) is 5.73 Å². The number of aromatic nitrogens is 4. The molecule has 1 fully saturated rings. The van der Waals surface area contributed by atoms with E-state index in [2.05, 4.69) is 20.1 Å². The Labute approximate surface area is 233 Å². The number of carbonyl (C=O) groups is 1. The summed E-state index contributed by atoms with van der Waals surface area (Å²) in [5.74, 6) is 1.57. The Bertz CT molecular complexity index is 1570. The third-order valence-corrected chi connectivity index (χ3v) is 6.93. The van der Waals surface area contributed by atoms with Gasteiger partial charge in [-0.2, -0.15) is 5.10 Å². The van der Waals surface area contributed by atoms with Crippen LogP contribution in [0.25, 0.3) is 27.1 Å². The lowest BCUT2D eigenvalue weighted by Gasteiger charge is -2.29. The summed E-state index contributed by atoms with van der Waals surface area (Å²) in [5, 5.41) is 8.76. The topological polar surface area (TPSA) is 112 Å². The molecule has 1 aliphatic rings. The maximum absolute atomic E-state index is 12.7. The van der Waals surface area contributed by atoms with Gasteiger partial charge in [0.15, 0.2) is 5.65 Å². The number of amides is 1. The average Bonchev–Trinajstić information content (AvgIpc) is 3.33. The van der Waals surface area contributed by atoms with Crippen LogP contribution in [-0.4, -0.2) is 31.7 Å². The molecule has 0 aliphatic heterocycles. The fourth-order valence-electron chi connectivity index (χ4n) is 5.04. The van der Waals surface area contributed by atoms with E-state index in [4.69, 9.17) is 22.1 Å². The summed E-state index contributed by atoms with van der Waals surface area (Å²) in [7, 11) is 0. The smallest absolute Gasteiger partial charge is 0.250 e. The van der Waals surface area contributed by atoms with Gasteiger partial charge in [-0.15, -0.1) is 0 Å². The third kappa shape index (κ3) is 5.96. The van der Waals surface area contributed by atoms with Crippen LogP contribution < -0.4 is 15.8 Å². The molecule has 2 heterocycles. The highest BCUT2D eigenvalue weighted by Gasteiger charge is 2.28. The monoisotopic (exact) mass is 535 g/mol. The Morgan fingerprint density at radius 2 is 1.73 bits per heavy atom. The molecular formula is C31H33N7O2. The Balaban J connectivity index is 1.33. The number of nitrogens with one attached hydrogen (secondary N) is 1. The highest BCUT2D eigenvalue weighted by atomic mass is 16.5. The fourth-order valence-corrected chi connectivity index (χ4v) is 5.04. The Morgan fingerprint density at radius 3 is 2.38 bits per heavy atom. The Morgan fingerprint density at radius 1 is 1.05 bits per heavy atom. The van der Waals surface area contributed by atoms with Crippen LogP contribution in [0.15, 0.2) is 72.7 Å². The molecule has 5 rings (SSSR count).